The molecule has 0 aliphatic heterocycles. The van der Waals surface area contributed by atoms with E-state index in [0.29, 0.717) is 0 Å². The highest BCUT2D eigenvalue weighted by atomic mass is 35.5. The number of hydrogen-bond donors (Lipinski definition) is 1. The smallest absolute Gasteiger partial charge is 0.0310 e. The summed E-state index contributed by atoms with van der Waals surface area (Å²) in [7, 11) is 0. The van der Waals surface area contributed by atoms with E-state index in [1.165, 1.54) is 27.1 Å². The number of rotatable bonds is 4. The second-order valence-electron chi connectivity index (χ2n) is 5.21. The lowest BCUT2D eigenvalue weighted by molar-refractivity contribution is 0.670. The first-order chi connectivity index (χ1) is 9.81. The zero-order valence-electron chi connectivity index (χ0n) is 12.0. The Morgan fingerprint density at radius 1 is 0.952 bits per heavy atom. The molecule has 2 heteroatoms. The van der Waals surface area contributed by atoms with Crippen molar-refractivity contribution in [3.63, 3.8) is 0 Å². The third-order valence-corrected chi connectivity index (χ3v) is 3.87. The normalized spacial score (nSPS) is 12.0. The van der Waals surface area contributed by atoms with Crippen LogP contribution in [0, 0.1) is 0 Å². The van der Waals surface area contributed by atoms with Gasteiger partial charge in [0.05, 0.1) is 0 Å². The van der Waals surface area contributed by atoms with Gasteiger partial charge in [0.2, 0.25) is 0 Å². The predicted molar refractivity (Wildman–Crippen MR) is 95.1 cm³/mol. The Labute approximate surface area is 131 Å². The molecule has 0 aromatic heterocycles. The van der Waals surface area contributed by atoms with Crippen LogP contribution in [0.1, 0.15) is 24.4 Å². The van der Waals surface area contributed by atoms with E-state index < -0.39 is 0 Å². The van der Waals surface area contributed by atoms with Crippen molar-refractivity contribution in [3.05, 3.63) is 72.8 Å². The van der Waals surface area contributed by atoms with Crippen molar-refractivity contribution in [2.75, 3.05) is 0 Å². The van der Waals surface area contributed by atoms with Crippen LogP contribution < -0.4 is 5.73 Å². The third kappa shape index (κ3) is 2.94. The van der Waals surface area contributed by atoms with Gasteiger partial charge in [-0.2, -0.15) is 0 Å². The summed E-state index contributed by atoms with van der Waals surface area (Å²) in [6, 6.07) is 19.3. The highest BCUT2D eigenvalue weighted by molar-refractivity contribution is 6.02. The standard InChI is InChI=1S/C19H19N.ClH/c1-2-3-12-18(20)19-16-10-6-4-8-14(16)13-15-9-5-7-11-17(15)19;/h2,4-11,13,18H,1,3,12,20H2;1H/t18-;/m0./s1. The molecule has 3 aromatic rings. The first kappa shape index (κ1) is 15.6. The van der Waals surface area contributed by atoms with Crippen LogP contribution in [0.3, 0.4) is 0 Å². The van der Waals surface area contributed by atoms with E-state index in [4.69, 9.17) is 5.73 Å². The van der Waals surface area contributed by atoms with Gasteiger partial charge in [-0.3, -0.25) is 0 Å². The fraction of sp³-hybridized carbons (Fsp3) is 0.158. The maximum absolute atomic E-state index is 6.47. The molecule has 0 bridgehead atoms. The first-order valence-corrected chi connectivity index (χ1v) is 7.08. The van der Waals surface area contributed by atoms with Crippen LogP contribution >= 0.6 is 12.4 Å². The Bertz CT molecular complexity index is 710. The van der Waals surface area contributed by atoms with Gasteiger partial charge in [-0.25, -0.2) is 0 Å². The van der Waals surface area contributed by atoms with Crippen molar-refractivity contribution in [1.29, 1.82) is 0 Å². The molecule has 0 saturated heterocycles. The second kappa shape index (κ2) is 6.75. The maximum atomic E-state index is 6.47. The lowest BCUT2D eigenvalue weighted by Crippen LogP contribution is -2.11. The van der Waals surface area contributed by atoms with E-state index in [2.05, 4.69) is 61.2 Å². The van der Waals surface area contributed by atoms with Gasteiger partial charge in [0, 0.05) is 6.04 Å². The van der Waals surface area contributed by atoms with Crippen LogP contribution in [0.25, 0.3) is 21.5 Å². The molecule has 0 spiro atoms. The molecular weight excluding hydrogens is 278 g/mol. The summed E-state index contributed by atoms with van der Waals surface area (Å²) in [6.07, 6.45) is 3.81. The molecule has 0 unspecified atom stereocenters. The number of nitrogens with two attached hydrogens (primary N) is 1. The molecule has 0 fully saturated rings. The molecule has 3 aromatic carbocycles. The number of benzene rings is 3. The topological polar surface area (TPSA) is 26.0 Å². The Hall–Kier alpha value is -1.83. The fourth-order valence-corrected chi connectivity index (χ4v) is 2.89. The van der Waals surface area contributed by atoms with Crippen molar-refractivity contribution in [2.45, 2.75) is 18.9 Å². The van der Waals surface area contributed by atoms with Crippen LogP contribution in [-0.2, 0) is 0 Å². The fourth-order valence-electron chi connectivity index (χ4n) is 2.89. The predicted octanol–water partition coefficient (Wildman–Crippen LogP) is 5.38. The second-order valence-corrected chi connectivity index (χ2v) is 5.21. The third-order valence-electron chi connectivity index (χ3n) is 3.87. The molecule has 108 valence electrons. The average molecular weight is 298 g/mol. The molecule has 0 aliphatic rings. The molecule has 0 amide bonds. The molecule has 21 heavy (non-hydrogen) atoms. The Morgan fingerprint density at radius 2 is 1.48 bits per heavy atom. The molecule has 0 saturated carbocycles. The molecule has 3 rings (SSSR count). The molecule has 0 heterocycles. The molecule has 1 nitrogen and oxygen atoms in total. The average Bonchev–Trinajstić information content (AvgIpc) is 2.50. The van der Waals surface area contributed by atoms with Crippen LogP contribution in [0.15, 0.2) is 67.3 Å². The van der Waals surface area contributed by atoms with Gasteiger partial charge in [-0.15, -0.1) is 19.0 Å². The van der Waals surface area contributed by atoms with Crippen LogP contribution in [0.5, 0.6) is 0 Å². The summed E-state index contributed by atoms with van der Waals surface area (Å²) < 4.78 is 0. The maximum Gasteiger partial charge on any atom is 0.0310 e. The zero-order chi connectivity index (χ0) is 13.9. The minimum Gasteiger partial charge on any atom is -0.324 e. The summed E-state index contributed by atoms with van der Waals surface area (Å²) in [5.41, 5.74) is 7.73. The van der Waals surface area contributed by atoms with E-state index >= 15 is 0 Å². The van der Waals surface area contributed by atoms with Crippen LogP contribution in [0.2, 0.25) is 0 Å². The van der Waals surface area contributed by atoms with Gasteiger partial charge in [0.25, 0.3) is 0 Å². The van der Waals surface area contributed by atoms with Crippen molar-refractivity contribution < 1.29 is 0 Å². The molecule has 2 N–H and O–H groups in total. The SMILES string of the molecule is C=CCC[C@H](N)c1c2ccccc2cc2ccccc12.Cl. The molecule has 1 atom stereocenters. The first-order valence-electron chi connectivity index (χ1n) is 7.08. The van der Waals surface area contributed by atoms with Crippen LogP contribution in [-0.4, -0.2) is 0 Å². The summed E-state index contributed by atoms with van der Waals surface area (Å²) in [5.74, 6) is 0. The number of allylic oxidation sites excluding steroid dienone is 1. The summed E-state index contributed by atoms with van der Waals surface area (Å²) in [4.78, 5) is 0. The van der Waals surface area contributed by atoms with Crippen molar-refractivity contribution in [2.24, 2.45) is 5.73 Å². The summed E-state index contributed by atoms with van der Waals surface area (Å²) >= 11 is 0. The summed E-state index contributed by atoms with van der Waals surface area (Å²) in [6.45, 7) is 3.80. The van der Waals surface area contributed by atoms with Gasteiger partial charge in [0.1, 0.15) is 0 Å². The molecule has 0 aliphatic carbocycles. The highest BCUT2D eigenvalue weighted by Gasteiger charge is 2.13. The van der Waals surface area contributed by atoms with E-state index in [1.807, 2.05) is 6.08 Å². The van der Waals surface area contributed by atoms with Gasteiger partial charge in [-0.1, -0.05) is 54.6 Å². The molecule has 0 radical (unpaired) electrons. The van der Waals surface area contributed by atoms with Crippen molar-refractivity contribution >= 4 is 34.0 Å². The Kier molecular flexibility index (Phi) is 5.00. The summed E-state index contributed by atoms with van der Waals surface area (Å²) in [5, 5.41) is 5.05. The zero-order valence-corrected chi connectivity index (χ0v) is 12.8. The largest absolute Gasteiger partial charge is 0.324 e. The van der Waals surface area contributed by atoms with E-state index in [-0.39, 0.29) is 18.4 Å². The van der Waals surface area contributed by atoms with E-state index in [1.54, 1.807) is 0 Å². The monoisotopic (exact) mass is 297 g/mol. The number of hydrogen-bond acceptors (Lipinski definition) is 1. The van der Waals surface area contributed by atoms with Gasteiger partial charge in [0.15, 0.2) is 0 Å². The van der Waals surface area contributed by atoms with Crippen molar-refractivity contribution in [1.82, 2.24) is 0 Å². The highest BCUT2D eigenvalue weighted by Crippen LogP contribution is 2.33. The van der Waals surface area contributed by atoms with E-state index in [9.17, 15) is 0 Å². The van der Waals surface area contributed by atoms with Gasteiger partial charge < -0.3 is 5.73 Å². The van der Waals surface area contributed by atoms with Crippen LogP contribution in [0.4, 0.5) is 0 Å². The lowest BCUT2D eigenvalue weighted by atomic mass is 9.91. The minimum absolute atomic E-state index is 0. The Balaban J connectivity index is 0.00000161. The number of fused-ring (bicyclic) bond motifs is 2. The lowest BCUT2D eigenvalue weighted by Gasteiger charge is -2.17. The Morgan fingerprint density at radius 3 is 2.00 bits per heavy atom. The minimum atomic E-state index is 0. The molecular formula is C19H20ClN. The van der Waals surface area contributed by atoms with Gasteiger partial charge >= 0.3 is 0 Å². The van der Waals surface area contributed by atoms with Gasteiger partial charge in [-0.05, 0) is 46.0 Å². The quantitative estimate of drug-likeness (QED) is 0.508. The number of halogens is 1. The van der Waals surface area contributed by atoms with E-state index in [0.717, 1.165) is 12.8 Å². The van der Waals surface area contributed by atoms with Crippen molar-refractivity contribution in [3.8, 4) is 0 Å².